The third kappa shape index (κ3) is 7.12. The topological polar surface area (TPSA) is 175 Å². The Morgan fingerprint density at radius 2 is 1.44 bits per heavy atom. The van der Waals surface area contributed by atoms with Crippen molar-refractivity contribution in [3.63, 3.8) is 0 Å². The number of aromatic nitrogens is 4. The van der Waals surface area contributed by atoms with Crippen LogP contribution >= 0.6 is 0 Å². The number of nitrogens with one attached hydrogen (secondary N) is 4. The number of piperidine rings is 2. The Labute approximate surface area is 358 Å². The molecule has 5 fully saturated rings. The maximum atomic E-state index is 16.0. The van der Waals surface area contributed by atoms with E-state index in [9.17, 15) is 19.2 Å². The van der Waals surface area contributed by atoms with Gasteiger partial charge in [0.1, 0.15) is 29.5 Å². The summed E-state index contributed by atoms with van der Waals surface area (Å²) in [6, 6.07) is 13.6. The third-order valence-corrected chi connectivity index (χ3v) is 14.3. The molecule has 14 nitrogen and oxygen atoms in total. The molecular formula is C47H53FN8O6. The van der Waals surface area contributed by atoms with Gasteiger partial charge in [0.05, 0.1) is 49.2 Å². The molecule has 324 valence electrons. The van der Waals surface area contributed by atoms with Crippen LogP contribution in [0, 0.1) is 29.5 Å². The van der Waals surface area contributed by atoms with Crippen molar-refractivity contribution in [2.45, 2.75) is 108 Å². The lowest BCUT2D eigenvalue weighted by molar-refractivity contribution is -0.137. The Morgan fingerprint density at radius 1 is 0.774 bits per heavy atom. The molecule has 2 aliphatic heterocycles. The highest BCUT2D eigenvalue weighted by Gasteiger charge is 2.57. The SMILES string of the molecule is COC(=O)NC(C(=O)N1[C@@H]2C[C@@H]2C[C@H]1c1nc2c(ccc3cc(-c4ccc(-c5cnc([C@@H]6C[C@H]7C[C@H]7N6C(=O)[C@@H](NC(=O)OC)C(C)C)[nH]5)c(F)c4)ccc32)[nH]1)C1CCCCC1. The number of alkyl carbamates (subject to hydrolysis) is 2. The van der Waals surface area contributed by atoms with E-state index in [0.29, 0.717) is 34.5 Å². The van der Waals surface area contributed by atoms with Gasteiger partial charge in [-0.2, -0.15) is 0 Å². The van der Waals surface area contributed by atoms with Crippen molar-refractivity contribution in [1.29, 1.82) is 0 Å². The predicted molar refractivity (Wildman–Crippen MR) is 229 cm³/mol. The molecule has 0 spiro atoms. The summed E-state index contributed by atoms with van der Waals surface area (Å²) >= 11 is 0. The van der Waals surface area contributed by atoms with Gasteiger partial charge in [-0.1, -0.05) is 57.4 Å². The third-order valence-electron chi connectivity index (χ3n) is 14.3. The van der Waals surface area contributed by atoms with Crippen molar-refractivity contribution in [3.05, 3.63) is 72.2 Å². The molecule has 4 heterocycles. The summed E-state index contributed by atoms with van der Waals surface area (Å²) in [5, 5.41) is 7.50. The first-order chi connectivity index (χ1) is 30.0. The van der Waals surface area contributed by atoms with Crippen LogP contribution in [-0.2, 0) is 19.1 Å². The molecule has 0 bridgehead atoms. The molecule has 5 aliphatic rings. The van der Waals surface area contributed by atoms with E-state index in [0.717, 1.165) is 91.0 Å². The van der Waals surface area contributed by atoms with Crippen LogP contribution in [0.2, 0.25) is 0 Å². The number of benzene rings is 3. The minimum absolute atomic E-state index is 0.0478. The maximum absolute atomic E-state index is 16.0. The monoisotopic (exact) mass is 844 g/mol. The fraction of sp³-hybridized carbons (Fsp3) is 0.489. The van der Waals surface area contributed by atoms with E-state index in [4.69, 9.17) is 14.5 Å². The van der Waals surface area contributed by atoms with Gasteiger partial charge in [-0.05, 0) is 103 Å². The van der Waals surface area contributed by atoms with Crippen molar-refractivity contribution in [2.24, 2.45) is 23.7 Å². The molecule has 5 aromatic rings. The van der Waals surface area contributed by atoms with E-state index in [1.54, 1.807) is 12.3 Å². The molecule has 15 heteroatoms. The molecule has 4 amide bonds. The lowest BCUT2D eigenvalue weighted by Gasteiger charge is -2.35. The van der Waals surface area contributed by atoms with Crippen LogP contribution in [0.25, 0.3) is 44.2 Å². The molecule has 1 unspecified atom stereocenters. The van der Waals surface area contributed by atoms with Crippen LogP contribution in [0.1, 0.15) is 95.4 Å². The highest BCUT2D eigenvalue weighted by Crippen LogP contribution is 2.55. The average Bonchev–Trinajstić information content (AvgIpc) is 3.90. The molecule has 2 saturated heterocycles. The minimum Gasteiger partial charge on any atom is -0.453 e. The van der Waals surface area contributed by atoms with Crippen LogP contribution in [0.3, 0.4) is 0 Å². The Bertz CT molecular complexity index is 2580. The van der Waals surface area contributed by atoms with E-state index in [-0.39, 0.29) is 47.8 Å². The van der Waals surface area contributed by atoms with E-state index >= 15 is 4.39 Å². The second-order valence-corrected chi connectivity index (χ2v) is 18.4. The molecule has 2 aromatic heterocycles. The van der Waals surface area contributed by atoms with E-state index in [1.807, 2.05) is 60.0 Å². The van der Waals surface area contributed by atoms with Crippen molar-refractivity contribution >= 4 is 45.8 Å². The number of fused-ring (bicyclic) bond motifs is 5. The lowest BCUT2D eigenvalue weighted by Crippen LogP contribution is -2.53. The van der Waals surface area contributed by atoms with Crippen molar-refractivity contribution in [1.82, 2.24) is 40.4 Å². The number of carbonyl (C=O) groups is 4. The van der Waals surface area contributed by atoms with E-state index < -0.39 is 30.1 Å². The number of amides is 4. The van der Waals surface area contributed by atoms with E-state index in [1.165, 1.54) is 20.3 Å². The second-order valence-electron chi connectivity index (χ2n) is 18.4. The molecule has 4 N–H and O–H groups in total. The van der Waals surface area contributed by atoms with Crippen LogP contribution in [0.4, 0.5) is 14.0 Å². The first-order valence-corrected chi connectivity index (χ1v) is 22.1. The van der Waals surface area contributed by atoms with Crippen LogP contribution < -0.4 is 10.6 Å². The highest BCUT2D eigenvalue weighted by molar-refractivity contribution is 6.05. The summed E-state index contributed by atoms with van der Waals surface area (Å²) in [5.74, 6) is 1.43. The fourth-order valence-corrected chi connectivity index (χ4v) is 10.8. The summed E-state index contributed by atoms with van der Waals surface area (Å²) in [7, 11) is 2.61. The van der Waals surface area contributed by atoms with Crippen LogP contribution in [-0.4, -0.2) is 92.1 Å². The minimum atomic E-state index is -0.741. The number of aromatic amines is 2. The lowest BCUT2D eigenvalue weighted by atomic mass is 9.83. The Morgan fingerprint density at radius 3 is 2.13 bits per heavy atom. The molecule has 10 rings (SSSR count). The predicted octanol–water partition coefficient (Wildman–Crippen LogP) is 7.92. The number of imidazole rings is 2. The number of hydrogen-bond donors (Lipinski definition) is 4. The molecule has 8 atom stereocenters. The zero-order chi connectivity index (χ0) is 43.0. The second kappa shape index (κ2) is 15.7. The van der Waals surface area contributed by atoms with Crippen molar-refractivity contribution < 1.29 is 33.0 Å². The van der Waals surface area contributed by atoms with Crippen LogP contribution in [0.5, 0.6) is 0 Å². The Kier molecular flexibility index (Phi) is 10.2. The quantitative estimate of drug-likeness (QED) is 0.110. The molecule has 3 saturated carbocycles. The number of hydrogen-bond acceptors (Lipinski definition) is 8. The van der Waals surface area contributed by atoms with Gasteiger partial charge in [0.2, 0.25) is 11.8 Å². The van der Waals surface area contributed by atoms with Crippen molar-refractivity contribution in [2.75, 3.05) is 14.2 Å². The number of likely N-dealkylation sites (tertiary alicyclic amines) is 2. The summed E-state index contributed by atoms with van der Waals surface area (Å²) in [4.78, 5) is 73.2. The molecule has 62 heavy (non-hydrogen) atoms. The molecule has 3 aliphatic carbocycles. The first kappa shape index (κ1) is 40.1. The number of H-pyrrole nitrogens is 2. The molecule has 0 radical (unpaired) electrons. The normalized spacial score (nSPS) is 25.1. The van der Waals surface area contributed by atoms with Gasteiger partial charge in [0.25, 0.3) is 0 Å². The van der Waals surface area contributed by atoms with Crippen molar-refractivity contribution in [3.8, 4) is 22.4 Å². The summed E-state index contributed by atoms with van der Waals surface area (Å²) in [5.41, 5.74) is 4.14. The number of rotatable bonds is 10. The maximum Gasteiger partial charge on any atom is 0.407 e. The summed E-state index contributed by atoms with van der Waals surface area (Å²) in [6.45, 7) is 3.77. The first-order valence-electron chi connectivity index (χ1n) is 22.1. The zero-order valence-corrected chi connectivity index (χ0v) is 35.4. The fourth-order valence-electron chi connectivity index (χ4n) is 10.8. The number of nitrogens with zero attached hydrogens (tertiary/aromatic N) is 4. The summed E-state index contributed by atoms with van der Waals surface area (Å²) in [6.07, 6.45) is 8.87. The van der Waals surface area contributed by atoms with E-state index in [2.05, 4.69) is 25.6 Å². The largest absolute Gasteiger partial charge is 0.453 e. The number of methoxy groups -OCH3 is 2. The molecule has 3 aromatic carbocycles. The summed E-state index contributed by atoms with van der Waals surface area (Å²) < 4.78 is 25.8. The zero-order valence-electron chi connectivity index (χ0n) is 35.4. The van der Waals surface area contributed by atoms with Gasteiger partial charge in [0.15, 0.2) is 0 Å². The van der Waals surface area contributed by atoms with Crippen LogP contribution in [0.15, 0.2) is 54.7 Å². The van der Waals surface area contributed by atoms with Gasteiger partial charge >= 0.3 is 12.2 Å². The highest BCUT2D eigenvalue weighted by atomic mass is 19.1. The van der Waals surface area contributed by atoms with Gasteiger partial charge in [0, 0.05) is 23.0 Å². The molecular weight excluding hydrogens is 792 g/mol. The Hall–Kier alpha value is -5.99. The van der Waals surface area contributed by atoms with Gasteiger partial charge in [-0.15, -0.1) is 0 Å². The smallest absolute Gasteiger partial charge is 0.407 e. The number of carbonyl (C=O) groups excluding carboxylic acids is 4. The average molecular weight is 845 g/mol. The Balaban J connectivity index is 0.875. The number of ether oxygens (including phenoxy) is 2. The van der Waals surface area contributed by atoms with Gasteiger partial charge in [-0.25, -0.2) is 23.9 Å². The van der Waals surface area contributed by atoms with Gasteiger partial charge in [-0.3, -0.25) is 9.59 Å². The standard InChI is InChI=1S/C47H53FN8O6/c1-23(2)39(53-46(59)61-3)44(57)55-35-18-28(35)20-37(55)42-49-22-34(51-42)31-14-11-26(17-32(31)48)25-10-13-30-27(16-25)12-15-33-41(30)52-43(50-33)38-21-29-19-36(29)56(38)45(58)40(54-47(60)62-4)24-8-6-5-7-9-24/h10-17,22-24,28-29,35-40H,5-9,18-21H2,1-4H3,(H,49,51)(H,50,52)(H,53,59)(H,54,60)/t28-,29-,35-,36-,37+,38+,39+,40?/m1/s1. The number of halogens is 1. The van der Waals surface area contributed by atoms with Gasteiger partial charge < -0.3 is 39.9 Å².